The zero-order valence-corrected chi connectivity index (χ0v) is 20.8. The summed E-state index contributed by atoms with van der Waals surface area (Å²) in [6.07, 6.45) is 0.496. The highest BCUT2D eigenvalue weighted by molar-refractivity contribution is 7.89. The van der Waals surface area contributed by atoms with Gasteiger partial charge in [-0.05, 0) is 57.5 Å². The fourth-order valence-electron chi connectivity index (χ4n) is 2.95. The number of benzene rings is 2. The van der Waals surface area contributed by atoms with Crippen molar-refractivity contribution < 1.29 is 13.2 Å². The molecule has 0 saturated carbocycles. The fourth-order valence-corrected chi connectivity index (χ4v) is 4.54. The fraction of sp³-hybridized carbons (Fsp3) is 0.261. The van der Waals surface area contributed by atoms with Crippen LogP contribution in [-0.4, -0.2) is 20.3 Å². The van der Waals surface area contributed by atoms with Crippen molar-refractivity contribution in [1.29, 1.82) is 0 Å². The Morgan fingerprint density at radius 1 is 1.19 bits per heavy atom. The van der Waals surface area contributed by atoms with Gasteiger partial charge in [0.2, 0.25) is 10.0 Å². The Morgan fingerprint density at radius 2 is 1.81 bits per heavy atom. The standard InChI is InChI=1S/C23H27Cl2N3O3S/c1-6-20(16(4)31-18-9-7-14(2)8-10-18)23(27-17(5)26)15(3)28-32(29,30)19-11-12-21(24)22(25)13-19/h7-13,15,28H,4,6H2,1-3,5H3,(H2,26,27)/b23-20-. The highest BCUT2D eigenvalue weighted by Gasteiger charge is 2.24. The van der Waals surface area contributed by atoms with Crippen LogP contribution in [0.15, 0.2) is 76.0 Å². The largest absolute Gasteiger partial charge is 0.458 e. The lowest BCUT2D eigenvalue weighted by molar-refractivity contribution is 0.432. The first-order valence-corrected chi connectivity index (χ1v) is 12.1. The third-order valence-electron chi connectivity index (χ3n) is 4.50. The van der Waals surface area contributed by atoms with Gasteiger partial charge in [-0.1, -0.05) is 54.4 Å². The predicted octanol–water partition coefficient (Wildman–Crippen LogP) is 5.60. The summed E-state index contributed by atoms with van der Waals surface area (Å²) in [5.41, 5.74) is 7.99. The van der Waals surface area contributed by atoms with Crippen LogP contribution in [0.1, 0.15) is 32.8 Å². The summed E-state index contributed by atoms with van der Waals surface area (Å²) < 4.78 is 34.4. The molecule has 0 aliphatic carbocycles. The number of nitrogens with one attached hydrogen (secondary N) is 1. The summed E-state index contributed by atoms with van der Waals surface area (Å²) in [7, 11) is -3.92. The molecule has 9 heteroatoms. The maximum absolute atomic E-state index is 12.9. The zero-order valence-electron chi connectivity index (χ0n) is 18.4. The monoisotopic (exact) mass is 495 g/mol. The minimum atomic E-state index is -3.92. The van der Waals surface area contributed by atoms with Crippen molar-refractivity contribution >= 4 is 39.1 Å². The van der Waals surface area contributed by atoms with Crippen molar-refractivity contribution in [3.05, 3.63) is 81.7 Å². The lowest BCUT2D eigenvalue weighted by Gasteiger charge is -2.21. The highest BCUT2D eigenvalue weighted by Crippen LogP contribution is 2.27. The number of rotatable bonds is 9. The Balaban J connectivity index is 2.41. The molecule has 0 heterocycles. The maximum Gasteiger partial charge on any atom is 0.241 e. The third kappa shape index (κ3) is 6.84. The SMILES string of the molecule is C=C(Oc1ccc(C)cc1)/C(CC)=C(\N=C(\C)N)C(C)NS(=O)(=O)c1ccc(Cl)c(Cl)c1. The number of halogens is 2. The number of nitrogens with two attached hydrogens (primary N) is 1. The van der Waals surface area contributed by atoms with Gasteiger partial charge in [0.25, 0.3) is 0 Å². The van der Waals surface area contributed by atoms with E-state index in [9.17, 15) is 8.42 Å². The molecule has 3 N–H and O–H groups in total. The van der Waals surface area contributed by atoms with Gasteiger partial charge in [0.1, 0.15) is 11.5 Å². The van der Waals surface area contributed by atoms with Gasteiger partial charge in [-0.2, -0.15) is 0 Å². The average molecular weight is 496 g/mol. The van der Waals surface area contributed by atoms with Crippen molar-refractivity contribution in [2.24, 2.45) is 10.7 Å². The number of nitrogens with zero attached hydrogens (tertiary/aromatic N) is 1. The van der Waals surface area contributed by atoms with Crippen LogP contribution >= 0.6 is 23.2 Å². The molecule has 0 bridgehead atoms. The summed E-state index contributed by atoms with van der Waals surface area (Å²) in [6, 6.07) is 10.9. The van der Waals surface area contributed by atoms with Crippen LogP contribution in [-0.2, 0) is 10.0 Å². The first-order chi connectivity index (χ1) is 14.9. The summed E-state index contributed by atoms with van der Waals surface area (Å²) in [5, 5.41) is 0.406. The lowest BCUT2D eigenvalue weighted by Crippen LogP contribution is -2.35. The molecule has 172 valence electrons. The van der Waals surface area contributed by atoms with E-state index in [0.29, 0.717) is 29.2 Å². The van der Waals surface area contributed by atoms with E-state index < -0.39 is 16.1 Å². The van der Waals surface area contributed by atoms with Crippen molar-refractivity contribution in [2.45, 2.75) is 45.1 Å². The third-order valence-corrected chi connectivity index (χ3v) is 6.78. The lowest BCUT2D eigenvalue weighted by atomic mass is 10.1. The predicted molar refractivity (Wildman–Crippen MR) is 132 cm³/mol. The van der Waals surface area contributed by atoms with Crippen molar-refractivity contribution in [3.63, 3.8) is 0 Å². The molecule has 6 nitrogen and oxygen atoms in total. The molecule has 0 aliphatic rings. The second kappa shape index (κ2) is 11.0. The van der Waals surface area contributed by atoms with E-state index in [2.05, 4.69) is 16.3 Å². The van der Waals surface area contributed by atoms with Crippen molar-refractivity contribution in [2.75, 3.05) is 0 Å². The van der Waals surface area contributed by atoms with Crippen LogP contribution in [0.2, 0.25) is 10.0 Å². The van der Waals surface area contributed by atoms with Gasteiger partial charge in [0.15, 0.2) is 0 Å². The number of amidine groups is 1. The van der Waals surface area contributed by atoms with E-state index in [4.69, 9.17) is 33.7 Å². The first-order valence-electron chi connectivity index (χ1n) is 9.89. The highest BCUT2D eigenvalue weighted by atomic mass is 35.5. The van der Waals surface area contributed by atoms with E-state index in [-0.39, 0.29) is 20.8 Å². The van der Waals surface area contributed by atoms with Gasteiger partial charge < -0.3 is 10.5 Å². The molecule has 0 saturated heterocycles. The molecule has 0 fully saturated rings. The van der Waals surface area contributed by atoms with Crippen LogP contribution in [0.25, 0.3) is 0 Å². The van der Waals surface area contributed by atoms with E-state index in [0.717, 1.165) is 5.56 Å². The van der Waals surface area contributed by atoms with Gasteiger partial charge in [-0.25, -0.2) is 18.1 Å². The van der Waals surface area contributed by atoms with E-state index >= 15 is 0 Å². The van der Waals surface area contributed by atoms with Gasteiger partial charge in [-0.15, -0.1) is 0 Å². The molecule has 0 radical (unpaired) electrons. The first kappa shape index (κ1) is 25.9. The summed E-state index contributed by atoms with van der Waals surface area (Å²) in [6.45, 7) is 11.2. The minimum Gasteiger partial charge on any atom is -0.458 e. The molecule has 1 atom stereocenters. The molecule has 2 aromatic carbocycles. The van der Waals surface area contributed by atoms with Crippen LogP contribution in [0.4, 0.5) is 0 Å². The molecule has 0 aromatic heterocycles. The Hall–Kier alpha value is -2.32. The number of aryl methyl sites for hydroxylation is 1. The molecular weight excluding hydrogens is 469 g/mol. The average Bonchev–Trinajstić information content (AvgIpc) is 2.70. The molecular formula is C23H27Cl2N3O3S. The van der Waals surface area contributed by atoms with Crippen LogP contribution < -0.4 is 15.2 Å². The van der Waals surface area contributed by atoms with E-state index in [1.54, 1.807) is 13.8 Å². The number of allylic oxidation sites excluding steroid dienone is 1. The molecule has 32 heavy (non-hydrogen) atoms. The van der Waals surface area contributed by atoms with Crippen LogP contribution in [0.3, 0.4) is 0 Å². The number of ether oxygens (including phenoxy) is 1. The van der Waals surface area contributed by atoms with Crippen LogP contribution in [0.5, 0.6) is 5.75 Å². The van der Waals surface area contributed by atoms with Crippen LogP contribution in [0, 0.1) is 6.92 Å². The van der Waals surface area contributed by atoms with Crippen molar-refractivity contribution in [1.82, 2.24) is 4.72 Å². The maximum atomic E-state index is 12.9. The molecule has 0 amide bonds. The Bertz CT molecular complexity index is 1150. The summed E-state index contributed by atoms with van der Waals surface area (Å²) >= 11 is 11.9. The smallest absolute Gasteiger partial charge is 0.241 e. The summed E-state index contributed by atoms with van der Waals surface area (Å²) in [4.78, 5) is 4.38. The number of aliphatic imine (C=N–C) groups is 1. The van der Waals surface area contributed by atoms with Gasteiger partial charge in [0, 0.05) is 5.57 Å². The number of sulfonamides is 1. The Labute approximate surface area is 199 Å². The minimum absolute atomic E-state index is 0.0145. The second-order valence-electron chi connectivity index (χ2n) is 7.23. The van der Waals surface area contributed by atoms with Gasteiger partial charge in [0.05, 0.1) is 32.5 Å². The van der Waals surface area contributed by atoms with Crippen molar-refractivity contribution in [3.8, 4) is 5.75 Å². The molecule has 1 unspecified atom stereocenters. The van der Waals surface area contributed by atoms with E-state index in [1.165, 1.54) is 18.2 Å². The zero-order chi connectivity index (χ0) is 24.1. The quantitative estimate of drug-likeness (QED) is 0.204. The Morgan fingerprint density at radius 3 is 2.34 bits per heavy atom. The number of hydrogen-bond acceptors (Lipinski definition) is 4. The molecule has 2 aromatic rings. The van der Waals surface area contributed by atoms with E-state index in [1.807, 2.05) is 38.1 Å². The normalized spacial score (nSPS) is 14.0. The van der Waals surface area contributed by atoms with Gasteiger partial charge >= 0.3 is 0 Å². The molecule has 2 rings (SSSR count). The number of hydrogen-bond donors (Lipinski definition) is 2. The van der Waals surface area contributed by atoms with Gasteiger partial charge in [-0.3, -0.25) is 0 Å². The molecule has 0 spiro atoms. The summed E-state index contributed by atoms with van der Waals surface area (Å²) in [5.74, 6) is 1.25. The topological polar surface area (TPSA) is 93.8 Å². The second-order valence-corrected chi connectivity index (χ2v) is 9.76. The Kier molecular flexibility index (Phi) is 8.92. The molecule has 0 aliphatic heterocycles.